The average molecular weight is 385 g/mol. The van der Waals surface area contributed by atoms with Crippen molar-refractivity contribution in [3.8, 4) is 0 Å². The lowest BCUT2D eigenvalue weighted by Crippen LogP contribution is -2.50. The van der Waals surface area contributed by atoms with Gasteiger partial charge in [-0.25, -0.2) is 0 Å². The molecule has 4 aliphatic carbocycles. The number of hydrogen-bond acceptors (Lipinski definition) is 0. The molecule has 0 aromatic carbocycles. The minimum atomic E-state index is 0.568. The Labute approximate surface area is 176 Å². The molecule has 4 rings (SSSR count). The van der Waals surface area contributed by atoms with Crippen LogP contribution in [0.3, 0.4) is 0 Å². The van der Waals surface area contributed by atoms with Crippen molar-refractivity contribution in [2.24, 2.45) is 52.3 Å². The lowest BCUT2D eigenvalue weighted by molar-refractivity contribution is -0.0502. The van der Waals surface area contributed by atoms with Crippen LogP contribution < -0.4 is 0 Å². The van der Waals surface area contributed by atoms with Gasteiger partial charge in [-0.1, -0.05) is 72.5 Å². The summed E-state index contributed by atoms with van der Waals surface area (Å²) in [7, 11) is 0. The van der Waals surface area contributed by atoms with E-state index in [-0.39, 0.29) is 0 Å². The van der Waals surface area contributed by atoms with Gasteiger partial charge in [0.1, 0.15) is 0 Å². The maximum atomic E-state index is 2.74. The second-order valence-corrected chi connectivity index (χ2v) is 12.5. The molecule has 160 valence electrons. The van der Waals surface area contributed by atoms with E-state index >= 15 is 0 Å². The Hall–Kier alpha value is -0.260. The van der Waals surface area contributed by atoms with Crippen LogP contribution in [0.1, 0.15) is 112 Å². The van der Waals surface area contributed by atoms with Crippen LogP contribution in [0.4, 0.5) is 0 Å². The van der Waals surface area contributed by atoms with Crippen LogP contribution in [0.15, 0.2) is 11.6 Å². The maximum Gasteiger partial charge on any atom is -0.00853 e. The van der Waals surface area contributed by atoms with E-state index in [0.29, 0.717) is 10.8 Å². The van der Waals surface area contributed by atoms with E-state index in [1.54, 1.807) is 0 Å². The molecule has 0 spiro atoms. The van der Waals surface area contributed by atoms with Gasteiger partial charge in [0.05, 0.1) is 0 Å². The lowest BCUT2D eigenvalue weighted by atomic mass is 9.47. The van der Waals surface area contributed by atoms with E-state index in [1.807, 2.05) is 5.57 Å². The van der Waals surface area contributed by atoms with E-state index < -0.39 is 0 Å². The third-order valence-corrected chi connectivity index (χ3v) is 11.0. The Kier molecular flexibility index (Phi) is 5.83. The first-order valence-corrected chi connectivity index (χ1v) is 13.0. The standard InChI is InChI=1S/C28H48/c1-19(2)20(3)10-11-21(4)24-14-15-25-23-13-12-22-9-7-8-17-27(22,5)26(23)16-18-28(24,25)6/h12,19-21,23-26H,7-11,13-18H2,1-6H3/t20?,21?,23?,24?,25?,26?,27-,28+/m0/s1. The molecule has 0 saturated heterocycles. The smallest absolute Gasteiger partial charge is 0.00853 e. The van der Waals surface area contributed by atoms with E-state index in [1.165, 1.54) is 70.6 Å². The first kappa shape index (κ1) is 21.0. The number of fused-ring (bicyclic) bond motifs is 5. The van der Waals surface area contributed by atoms with Crippen molar-refractivity contribution >= 4 is 0 Å². The van der Waals surface area contributed by atoms with Crippen LogP contribution >= 0.6 is 0 Å². The predicted octanol–water partition coefficient (Wildman–Crippen LogP) is 8.66. The summed E-state index contributed by atoms with van der Waals surface area (Å²) in [6.45, 7) is 15.3. The summed E-state index contributed by atoms with van der Waals surface area (Å²) in [5.41, 5.74) is 3.07. The fourth-order valence-corrected chi connectivity index (χ4v) is 8.73. The van der Waals surface area contributed by atoms with Crippen molar-refractivity contribution < 1.29 is 0 Å². The Balaban J connectivity index is 1.48. The molecule has 3 saturated carbocycles. The highest BCUT2D eigenvalue weighted by atomic mass is 14.6. The average Bonchev–Trinajstić information content (AvgIpc) is 3.02. The molecule has 3 fully saturated rings. The highest BCUT2D eigenvalue weighted by Crippen LogP contribution is 2.67. The number of allylic oxidation sites excluding steroid dienone is 2. The summed E-state index contributed by atoms with van der Waals surface area (Å²) in [6, 6.07) is 0. The van der Waals surface area contributed by atoms with Crippen molar-refractivity contribution in [2.75, 3.05) is 0 Å². The second-order valence-electron chi connectivity index (χ2n) is 12.5. The normalized spacial score (nSPS) is 45.0. The van der Waals surface area contributed by atoms with Crippen molar-refractivity contribution in [3.05, 3.63) is 11.6 Å². The number of rotatable bonds is 5. The van der Waals surface area contributed by atoms with Gasteiger partial charge in [0.25, 0.3) is 0 Å². The van der Waals surface area contributed by atoms with Gasteiger partial charge in [0.15, 0.2) is 0 Å². The molecule has 0 nitrogen and oxygen atoms in total. The van der Waals surface area contributed by atoms with Crippen LogP contribution in [0.2, 0.25) is 0 Å². The second kappa shape index (κ2) is 7.77. The van der Waals surface area contributed by atoms with Gasteiger partial charge in [0, 0.05) is 0 Å². The van der Waals surface area contributed by atoms with Crippen molar-refractivity contribution in [3.63, 3.8) is 0 Å². The van der Waals surface area contributed by atoms with Gasteiger partial charge < -0.3 is 0 Å². The number of hydrogen-bond donors (Lipinski definition) is 0. The zero-order valence-corrected chi connectivity index (χ0v) is 19.9. The Morgan fingerprint density at radius 3 is 2.46 bits per heavy atom. The van der Waals surface area contributed by atoms with Gasteiger partial charge in [-0.05, 0) is 104 Å². The van der Waals surface area contributed by atoms with Gasteiger partial charge in [0.2, 0.25) is 0 Å². The van der Waals surface area contributed by atoms with E-state index in [4.69, 9.17) is 0 Å². The summed E-state index contributed by atoms with van der Waals surface area (Å²) < 4.78 is 0. The van der Waals surface area contributed by atoms with Crippen LogP contribution in [0, 0.1) is 52.3 Å². The molecular weight excluding hydrogens is 336 g/mol. The van der Waals surface area contributed by atoms with E-state index in [9.17, 15) is 0 Å². The summed E-state index contributed by atoms with van der Waals surface area (Å²) in [5, 5.41) is 0. The molecule has 8 atom stereocenters. The molecule has 0 aromatic rings. The van der Waals surface area contributed by atoms with Crippen LogP contribution in [-0.4, -0.2) is 0 Å². The molecule has 6 unspecified atom stereocenters. The molecule has 0 heterocycles. The van der Waals surface area contributed by atoms with E-state index in [2.05, 4.69) is 47.6 Å². The highest BCUT2D eigenvalue weighted by molar-refractivity contribution is 5.24. The van der Waals surface area contributed by atoms with Gasteiger partial charge in [-0.3, -0.25) is 0 Å². The molecule has 0 N–H and O–H groups in total. The predicted molar refractivity (Wildman–Crippen MR) is 122 cm³/mol. The lowest BCUT2D eigenvalue weighted by Gasteiger charge is -2.58. The quantitative estimate of drug-likeness (QED) is 0.416. The summed E-state index contributed by atoms with van der Waals surface area (Å²) >= 11 is 0. The van der Waals surface area contributed by atoms with Crippen molar-refractivity contribution in [1.82, 2.24) is 0 Å². The zero-order valence-electron chi connectivity index (χ0n) is 19.9. The van der Waals surface area contributed by atoms with Crippen molar-refractivity contribution in [1.29, 1.82) is 0 Å². The molecular formula is C28H48. The van der Waals surface area contributed by atoms with E-state index in [0.717, 1.165) is 41.4 Å². The third kappa shape index (κ3) is 3.33. The third-order valence-electron chi connectivity index (χ3n) is 11.0. The Morgan fingerprint density at radius 2 is 1.71 bits per heavy atom. The van der Waals surface area contributed by atoms with Gasteiger partial charge >= 0.3 is 0 Å². The SMILES string of the molecule is CC(C)C(C)CCC(C)C1CCC2C3CC=C4CCCC[C@]4(C)C3CC[C@]12C. The molecule has 0 radical (unpaired) electrons. The largest absolute Gasteiger partial charge is 0.0845 e. The minimum Gasteiger partial charge on any atom is -0.0845 e. The molecule has 0 heteroatoms. The Morgan fingerprint density at radius 1 is 0.929 bits per heavy atom. The van der Waals surface area contributed by atoms with Gasteiger partial charge in [-0.2, -0.15) is 0 Å². The van der Waals surface area contributed by atoms with Crippen LogP contribution in [0.25, 0.3) is 0 Å². The maximum absolute atomic E-state index is 2.74. The summed E-state index contributed by atoms with van der Waals surface area (Å²) in [6.07, 6.45) is 19.0. The highest BCUT2D eigenvalue weighted by Gasteiger charge is 2.58. The fourth-order valence-electron chi connectivity index (χ4n) is 8.73. The van der Waals surface area contributed by atoms with Crippen LogP contribution in [0.5, 0.6) is 0 Å². The fraction of sp³-hybridized carbons (Fsp3) is 0.929. The molecule has 4 aliphatic rings. The first-order valence-electron chi connectivity index (χ1n) is 13.0. The molecule has 28 heavy (non-hydrogen) atoms. The minimum absolute atomic E-state index is 0.568. The topological polar surface area (TPSA) is 0 Å². The molecule has 0 amide bonds. The molecule has 0 bridgehead atoms. The molecule has 0 aliphatic heterocycles. The van der Waals surface area contributed by atoms with Crippen LogP contribution in [-0.2, 0) is 0 Å². The van der Waals surface area contributed by atoms with Gasteiger partial charge in [-0.15, -0.1) is 0 Å². The first-order chi connectivity index (χ1) is 13.3. The monoisotopic (exact) mass is 384 g/mol. The summed E-state index contributed by atoms with van der Waals surface area (Å²) in [4.78, 5) is 0. The molecule has 0 aromatic heterocycles. The van der Waals surface area contributed by atoms with Crippen molar-refractivity contribution in [2.45, 2.75) is 112 Å². The summed E-state index contributed by atoms with van der Waals surface area (Å²) in [5.74, 6) is 6.65. The Bertz CT molecular complexity index is 585. The zero-order chi connectivity index (χ0) is 20.1.